The zero-order valence-corrected chi connectivity index (χ0v) is 14.7. The van der Waals surface area contributed by atoms with Gasteiger partial charge in [-0.1, -0.05) is 24.3 Å². The summed E-state index contributed by atoms with van der Waals surface area (Å²) in [6.45, 7) is 0.826. The van der Waals surface area contributed by atoms with Crippen LogP contribution in [0.4, 0.5) is 4.79 Å². The average Bonchev–Trinajstić information content (AvgIpc) is 3.15. The molecule has 2 unspecified atom stereocenters. The third-order valence-corrected chi connectivity index (χ3v) is 5.94. The van der Waals surface area contributed by atoms with E-state index in [-0.39, 0.29) is 24.4 Å². The monoisotopic (exact) mass is 356 g/mol. The van der Waals surface area contributed by atoms with Crippen molar-refractivity contribution in [2.45, 2.75) is 43.7 Å². The van der Waals surface area contributed by atoms with Gasteiger partial charge >= 0.3 is 6.03 Å². The van der Waals surface area contributed by atoms with Crippen molar-refractivity contribution in [1.82, 2.24) is 15.1 Å². The second-order valence-electron chi connectivity index (χ2n) is 7.36. The predicted octanol–water partition coefficient (Wildman–Crippen LogP) is 0.720. The van der Waals surface area contributed by atoms with Crippen LogP contribution >= 0.6 is 0 Å². The van der Waals surface area contributed by atoms with Crippen molar-refractivity contribution in [3.05, 3.63) is 35.4 Å². The predicted molar refractivity (Wildman–Crippen MR) is 95.1 cm³/mol. The molecule has 1 aromatic rings. The Bertz CT molecular complexity index is 765. The molecule has 2 aliphatic heterocycles. The van der Waals surface area contributed by atoms with Gasteiger partial charge in [-0.2, -0.15) is 0 Å². The molecule has 0 saturated carbocycles. The summed E-state index contributed by atoms with van der Waals surface area (Å²) in [5.74, 6) is -0.519. The summed E-state index contributed by atoms with van der Waals surface area (Å²) in [5.41, 5.74) is 6.71. The van der Waals surface area contributed by atoms with Crippen molar-refractivity contribution in [3.63, 3.8) is 0 Å². The molecule has 2 saturated heterocycles. The summed E-state index contributed by atoms with van der Waals surface area (Å²) in [6.07, 6.45) is 4.14. The number of fused-ring (bicyclic) bond motifs is 2. The van der Waals surface area contributed by atoms with Gasteiger partial charge in [0.15, 0.2) is 0 Å². The zero-order valence-electron chi connectivity index (χ0n) is 14.7. The summed E-state index contributed by atoms with van der Waals surface area (Å²) in [4.78, 5) is 41.2. The van der Waals surface area contributed by atoms with Gasteiger partial charge in [0.25, 0.3) is 5.91 Å². The molecular weight excluding hydrogens is 332 g/mol. The lowest BCUT2D eigenvalue weighted by molar-refractivity contribution is -0.141. The topological polar surface area (TPSA) is 95.7 Å². The number of amides is 4. The van der Waals surface area contributed by atoms with Crippen LogP contribution in [0.2, 0.25) is 0 Å². The van der Waals surface area contributed by atoms with Gasteiger partial charge in [0.1, 0.15) is 12.1 Å². The van der Waals surface area contributed by atoms with Crippen LogP contribution in [-0.4, -0.2) is 53.3 Å². The molecule has 138 valence electrons. The number of carbonyl (C=O) groups excluding carboxylic acids is 3. The zero-order chi connectivity index (χ0) is 18.3. The molecule has 26 heavy (non-hydrogen) atoms. The Labute approximate surface area is 152 Å². The Hall–Kier alpha value is -2.41. The van der Waals surface area contributed by atoms with E-state index < -0.39 is 11.6 Å². The minimum absolute atomic E-state index is 0.00168. The largest absolute Gasteiger partial charge is 0.337 e. The molecule has 2 fully saturated rings. The first kappa shape index (κ1) is 17.0. The van der Waals surface area contributed by atoms with Crippen molar-refractivity contribution in [3.8, 4) is 0 Å². The molecule has 2 atom stereocenters. The van der Waals surface area contributed by atoms with Gasteiger partial charge in [-0.05, 0) is 43.2 Å². The van der Waals surface area contributed by atoms with E-state index in [2.05, 4.69) is 5.32 Å². The number of urea groups is 1. The van der Waals surface area contributed by atoms with E-state index in [1.165, 1.54) is 0 Å². The molecule has 3 aliphatic rings. The molecule has 0 aromatic heterocycles. The third kappa shape index (κ3) is 2.49. The quantitative estimate of drug-likeness (QED) is 0.780. The van der Waals surface area contributed by atoms with Crippen molar-refractivity contribution in [2.75, 3.05) is 19.6 Å². The van der Waals surface area contributed by atoms with Gasteiger partial charge in [0.2, 0.25) is 5.91 Å². The van der Waals surface area contributed by atoms with Crippen LogP contribution in [0, 0.1) is 0 Å². The van der Waals surface area contributed by atoms with E-state index in [4.69, 9.17) is 5.73 Å². The molecule has 3 N–H and O–H groups in total. The second-order valence-corrected chi connectivity index (χ2v) is 7.36. The molecule has 0 bridgehead atoms. The van der Waals surface area contributed by atoms with Crippen LogP contribution < -0.4 is 11.1 Å². The number of piperidine rings is 1. The summed E-state index contributed by atoms with van der Waals surface area (Å²) >= 11 is 0. The average molecular weight is 356 g/mol. The number of hydrogen-bond donors (Lipinski definition) is 2. The Morgan fingerprint density at radius 1 is 1.27 bits per heavy atom. The molecule has 7 nitrogen and oxygen atoms in total. The molecule has 4 amide bonds. The van der Waals surface area contributed by atoms with Gasteiger partial charge in [0, 0.05) is 19.1 Å². The van der Waals surface area contributed by atoms with Crippen molar-refractivity contribution in [2.24, 2.45) is 5.73 Å². The number of nitrogens with zero attached hydrogens (tertiary/aromatic N) is 2. The molecular formula is C19H24N4O3. The summed E-state index contributed by atoms with van der Waals surface area (Å²) in [5, 5.41) is 2.86. The number of carbonyl (C=O) groups is 3. The number of rotatable bonds is 3. The number of aryl methyl sites for hydroxylation is 1. The fraction of sp³-hybridized carbons (Fsp3) is 0.526. The van der Waals surface area contributed by atoms with E-state index in [0.29, 0.717) is 19.5 Å². The lowest BCUT2D eigenvalue weighted by atomic mass is 9.92. The number of hydrogen-bond acceptors (Lipinski definition) is 4. The Morgan fingerprint density at radius 2 is 2.08 bits per heavy atom. The fourth-order valence-corrected chi connectivity index (χ4v) is 4.53. The lowest BCUT2D eigenvalue weighted by Gasteiger charge is -2.35. The number of likely N-dealkylation sites (tertiary alicyclic amines) is 1. The van der Waals surface area contributed by atoms with E-state index >= 15 is 0 Å². The van der Waals surface area contributed by atoms with Crippen LogP contribution in [-0.2, 0) is 21.5 Å². The maximum Gasteiger partial charge on any atom is 0.325 e. The first-order valence-electron chi connectivity index (χ1n) is 9.29. The maximum atomic E-state index is 13.1. The lowest BCUT2D eigenvalue weighted by Crippen LogP contribution is -2.51. The Morgan fingerprint density at radius 3 is 2.88 bits per heavy atom. The molecule has 1 aliphatic carbocycles. The highest BCUT2D eigenvalue weighted by atomic mass is 16.2. The van der Waals surface area contributed by atoms with E-state index in [1.54, 1.807) is 4.90 Å². The molecule has 2 heterocycles. The summed E-state index contributed by atoms with van der Waals surface area (Å²) in [7, 11) is 0. The van der Waals surface area contributed by atoms with Crippen molar-refractivity contribution < 1.29 is 14.4 Å². The normalized spacial score (nSPS) is 27.8. The molecule has 0 radical (unpaired) electrons. The molecule has 1 spiro atoms. The van der Waals surface area contributed by atoms with Crippen LogP contribution in [0.1, 0.15) is 36.8 Å². The minimum atomic E-state index is -1.01. The number of imide groups is 1. The summed E-state index contributed by atoms with van der Waals surface area (Å²) < 4.78 is 0. The van der Waals surface area contributed by atoms with Crippen LogP contribution in [0.15, 0.2) is 24.3 Å². The fourth-order valence-electron chi connectivity index (χ4n) is 4.53. The van der Waals surface area contributed by atoms with Crippen LogP contribution in [0.25, 0.3) is 0 Å². The number of nitrogens with one attached hydrogen (secondary N) is 1. The summed E-state index contributed by atoms with van der Waals surface area (Å²) in [6, 6.07) is 7.19. The third-order valence-electron chi connectivity index (χ3n) is 5.94. The highest BCUT2D eigenvalue weighted by Crippen LogP contribution is 2.41. The second kappa shape index (κ2) is 6.39. The SMILES string of the molecule is NCC1CCCCN1C(=O)CN1C(=O)NC2(CCc3ccccc32)C1=O. The highest BCUT2D eigenvalue weighted by Gasteiger charge is 2.55. The first-order chi connectivity index (χ1) is 12.6. The Balaban J connectivity index is 1.55. The van der Waals surface area contributed by atoms with E-state index in [9.17, 15) is 14.4 Å². The number of benzene rings is 1. The van der Waals surface area contributed by atoms with E-state index in [0.717, 1.165) is 41.7 Å². The van der Waals surface area contributed by atoms with Gasteiger partial charge in [-0.3, -0.25) is 14.5 Å². The van der Waals surface area contributed by atoms with Crippen LogP contribution in [0.3, 0.4) is 0 Å². The molecule has 1 aromatic carbocycles. The number of nitrogens with two attached hydrogens (primary N) is 1. The standard InChI is InChI=1S/C19H24N4O3/c20-11-14-6-3-4-10-22(14)16(24)12-23-17(25)19(21-18(23)26)9-8-13-5-1-2-7-15(13)19/h1-2,5,7,14H,3-4,6,8-12,20H2,(H,21,26). The Kier molecular flexibility index (Phi) is 4.19. The maximum absolute atomic E-state index is 13.1. The van der Waals surface area contributed by atoms with Crippen molar-refractivity contribution in [1.29, 1.82) is 0 Å². The van der Waals surface area contributed by atoms with Gasteiger partial charge in [-0.25, -0.2) is 4.79 Å². The first-order valence-corrected chi connectivity index (χ1v) is 9.29. The van der Waals surface area contributed by atoms with E-state index in [1.807, 2.05) is 24.3 Å². The van der Waals surface area contributed by atoms with Crippen LogP contribution in [0.5, 0.6) is 0 Å². The highest BCUT2D eigenvalue weighted by molar-refractivity contribution is 6.09. The minimum Gasteiger partial charge on any atom is -0.337 e. The van der Waals surface area contributed by atoms with Gasteiger partial charge in [0.05, 0.1) is 0 Å². The van der Waals surface area contributed by atoms with Gasteiger partial charge in [-0.15, -0.1) is 0 Å². The smallest absolute Gasteiger partial charge is 0.325 e. The van der Waals surface area contributed by atoms with Gasteiger partial charge < -0.3 is 16.0 Å². The molecule has 7 heteroatoms. The molecule has 4 rings (SSSR count). The van der Waals surface area contributed by atoms with Crippen molar-refractivity contribution >= 4 is 17.8 Å².